The summed E-state index contributed by atoms with van der Waals surface area (Å²) in [5.74, 6) is 2.24. The van der Waals surface area contributed by atoms with Gasteiger partial charge >= 0.3 is 0 Å². The number of aryl methyl sites for hydroxylation is 2. The van der Waals surface area contributed by atoms with Crippen molar-refractivity contribution in [1.82, 2.24) is 0 Å². The highest BCUT2D eigenvalue weighted by atomic mass is 35.5. The van der Waals surface area contributed by atoms with Crippen molar-refractivity contribution in [3.63, 3.8) is 0 Å². The molecule has 0 aliphatic heterocycles. The first-order valence-electron chi connectivity index (χ1n) is 8.51. The zero-order chi connectivity index (χ0) is 15.0. The van der Waals surface area contributed by atoms with Gasteiger partial charge in [-0.05, 0) is 73.6 Å². The van der Waals surface area contributed by atoms with Crippen LogP contribution >= 0.6 is 11.6 Å². The Morgan fingerprint density at radius 3 is 2.48 bits per heavy atom. The quantitative estimate of drug-likeness (QED) is 0.754. The average molecular weight is 307 g/mol. The molecule has 0 amide bonds. The molecule has 2 saturated carbocycles. The van der Waals surface area contributed by atoms with E-state index in [0.717, 1.165) is 33.5 Å². The van der Waals surface area contributed by atoms with E-state index in [-0.39, 0.29) is 6.10 Å². The van der Waals surface area contributed by atoms with Crippen molar-refractivity contribution >= 4 is 11.6 Å². The van der Waals surface area contributed by atoms with Crippen LogP contribution in [-0.2, 0) is 0 Å². The molecule has 0 spiro atoms. The Morgan fingerprint density at radius 2 is 1.71 bits per heavy atom. The fourth-order valence-corrected chi connectivity index (χ4v) is 4.79. The van der Waals surface area contributed by atoms with Crippen LogP contribution in [0.3, 0.4) is 0 Å². The first-order chi connectivity index (χ1) is 10.1. The fourth-order valence-electron chi connectivity index (χ4n) is 4.57. The molecule has 21 heavy (non-hydrogen) atoms. The molecule has 116 valence electrons. The van der Waals surface area contributed by atoms with Gasteiger partial charge in [0.1, 0.15) is 0 Å². The Bertz CT molecular complexity index is 511. The van der Waals surface area contributed by atoms with Gasteiger partial charge in [0.25, 0.3) is 0 Å². The van der Waals surface area contributed by atoms with Gasteiger partial charge in [0.05, 0.1) is 6.10 Å². The number of hydrogen-bond acceptors (Lipinski definition) is 1. The Morgan fingerprint density at radius 1 is 1.00 bits per heavy atom. The number of aliphatic hydroxyl groups excluding tert-OH is 1. The maximum absolute atomic E-state index is 10.9. The average Bonchev–Trinajstić information content (AvgIpc) is 2.50. The Labute approximate surface area is 133 Å². The van der Waals surface area contributed by atoms with Gasteiger partial charge in [0.2, 0.25) is 0 Å². The van der Waals surface area contributed by atoms with E-state index in [2.05, 4.69) is 13.0 Å². The monoisotopic (exact) mass is 306 g/mol. The largest absolute Gasteiger partial charge is 0.388 e. The zero-order valence-electron chi connectivity index (χ0n) is 13.2. The predicted octanol–water partition coefficient (Wildman–Crippen LogP) is 5.60. The van der Waals surface area contributed by atoms with Crippen LogP contribution in [0.5, 0.6) is 0 Å². The molecule has 1 aromatic carbocycles. The summed E-state index contributed by atoms with van der Waals surface area (Å²) in [5.41, 5.74) is 3.29. The SMILES string of the molecule is Cc1cc(C(O)C2CCC3CCCCC3C2)c(C)cc1Cl. The molecule has 4 unspecified atom stereocenters. The van der Waals surface area contributed by atoms with E-state index in [4.69, 9.17) is 11.6 Å². The lowest BCUT2D eigenvalue weighted by Gasteiger charge is -2.41. The van der Waals surface area contributed by atoms with Gasteiger partial charge in [-0.1, -0.05) is 43.4 Å². The minimum Gasteiger partial charge on any atom is -0.388 e. The second-order valence-electron chi connectivity index (χ2n) is 7.28. The van der Waals surface area contributed by atoms with E-state index in [1.54, 1.807) is 0 Å². The van der Waals surface area contributed by atoms with Gasteiger partial charge in [0.15, 0.2) is 0 Å². The van der Waals surface area contributed by atoms with Gasteiger partial charge in [0, 0.05) is 5.02 Å². The summed E-state index contributed by atoms with van der Waals surface area (Å²) in [7, 11) is 0. The zero-order valence-corrected chi connectivity index (χ0v) is 14.0. The van der Waals surface area contributed by atoms with Gasteiger partial charge in [-0.15, -0.1) is 0 Å². The maximum Gasteiger partial charge on any atom is 0.0820 e. The van der Waals surface area contributed by atoms with Gasteiger partial charge in [-0.2, -0.15) is 0 Å². The van der Waals surface area contributed by atoms with Crippen molar-refractivity contribution in [3.8, 4) is 0 Å². The molecule has 1 nitrogen and oxygen atoms in total. The molecule has 2 aliphatic rings. The van der Waals surface area contributed by atoms with Crippen molar-refractivity contribution in [2.45, 2.75) is 64.9 Å². The van der Waals surface area contributed by atoms with Crippen molar-refractivity contribution in [1.29, 1.82) is 0 Å². The van der Waals surface area contributed by atoms with Crippen LogP contribution in [0.4, 0.5) is 0 Å². The third-order valence-electron chi connectivity index (χ3n) is 5.89. The predicted molar refractivity (Wildman–Crippen MR) is 88.7 cm³/mol. The summed E-state index contributed by atoms with van der Waals surface area (Å²) in [6.07, 6.45) is 9.02. The summed E-state index contributed by atoms with van der Waals surface area (Å²) in [4.78, 5) is 0. The summed E-state index contributed by atoms with van der Waals surface area (Å²) < 4.78 is 0. The van der Waals surface area contributed by atoms with E-state index < -0.39 is 0 Å². The number of fused-ring (bicyclic) bond motifs is 1. The number of hydrogen-bond donors (Lipinski definition) is 1. The fraction of sp³-hybridized carbons (Fsp3) is 0.684. The van der Waals surface area contributed by atoms with Gasteiger partial charge < -0.3 is 5.11 Å². The number of halogens is 1. The molecule has 0 aromatic heterocycles. The molecule has 0 heterocycles. The standard InChI is InChI=1S/C19H27ClO/c1-12-10-18(20)13(2)9-17(12)19(21)16-8-7-14-5-3-4-6-15(14)11-16/h9-10,14-16,19,21H,3-8,11H2,1-2H3. The van der Waals surface area contributed by atoms with E-state index in [1.807, 2.05) is 13.0 Å². The molecule has 1 aromatic rings. The molecular weight excluding hydrogens is 280 g/mol. The summed E-state index contributed by atoms with van der Waals surface area (Å²) in [5, 5.41) is 11.7. The first kappa shape index (κ1) is 15.4. The molecule has 0 bridgehead atoms. The molecule has 3 rings (SSSR count). The molecule has 1 N–H and O–H groups in total. The highest BCUT2D eigenvalue weighted by molar-refractivity contribution is 6.31. The van der Waals surface area contributed by atoms with Crippen LogP contribution in [0.2, 0.25) is 5.02 Å². The van der Waals surface area contributed by atoms with Crippen LogP contribution in [0.1, 0.15) is 67.7 Å². The van der Waals surface area contributed by atoms with Crippen LogP contribution < -0.4 is 0 Å². The topological polar surface area (TPSA) is 20.2 Å². The minimum absolute atomic E-state index is 0.316. The Balaban J connectivity index is 1.76. The Kier molecular flexibility index (Phi) is 4.61. The normalized spacial score (nSPS) is 30.8. The molecule has 2 aliphatic carbocycles. The van der Waals surface area contributed by atoms with E-state index in [0.29, 0.717) is 5.92 Å². The lowest BCUT2D eigenvalue weighted by molar-refractivity contribution is 0.0346. The second-order valence-corrected chi connectivity index (χ2v) is 7.69. The number of rotatable bonds is 2. The third-order valence-corrected chi connectivity index (χ3v) is 6.30. The molecular formula is C19H27ClO. The van der Waals surface area contributed by atoms with Gasteiger partial charge in [-0.3, -0.25) is 0 Å². The summed E-state index contributed by atoms with van der Waals surface area (Å²) in [6.45, 7) is 4.09. The van der Waals surface area contributed by atoms with Crippen molar-refractivity contribution in [2.75, 3.05) is 0 Å². The van der Waals surface area contributed by atoms with Crippen molar-refractivity contribution in [2.24, 2.45) is 17.8 Å². The second kappa shape index (κ2) is 6.30. The highest BCUT2D eigenvalue weighted by Gasteiger charge is 2.35. The van der Waals surface area contributed by atoms with Crippen LogP contribution in [0.25, 0.3) is 0 Å². The molecule has 2 fully saturated rings. The minimum atomic E-state index is -0.316. The Hall–Kier alpha value is -0.530. The van der Waals surface area contributed by atoms with Crippen LogP contribution in [-0.4, -0.2) is 5.11 Å². The number of benzene rings is 1. The molecule has 0 radical (unpaired) electrons. The smallest absolute Gasteiger partial charge is 0.0820 e. The molecule has 2 heteroatoms. The lowest BCUT2D eigenvalue weighted by Crippen LogP contribution is -2.30. The summed E-state index contributed by atoms with van der Waals surface area (Å²) >= 11 is 6.19. The van der Waals surface area contributed by atoms with E-state index >= 15 is 0 Å². The van der Waals surface area contributed by atoms with E-state index in [1.165, 1.54) is 44.9 Å². The summed E-state index contributed by atoms with van der Waals surface area (Å²) in [6, 6.07) is 4.09. The van der Waals surface area contributed by atoms with Crippen molar-refractivity contribution in [3.05, 3.63) is 33.8 Å². The first-order valence-corrected chi connectivity index (χ1v) is 8.88. The van der Waals surface area contributed by atoms with Crippen molar-refractivity contribution < 1.29 is 5.11 Å². The maximum atomic E-state index is 10.9. The lowest BCUT2D eigenvalue weighted by atomic mass is 9.66. The molecule has 0 saturated heterocycles. The van der Waals surface area contributed by atoms with Crippen LogP contribution in [0, 0.1) is 31.6 Å². The van der Waals surface area contributed by atoms with Gasteiger partial charge in [-0.25, -0.2) is 0 Å². The van der Waals surface area contributed by atoms with E-state index in [9.17, 15) is 5.11 Å². The molecule has 4 atom stereocenters. The van der Waals surface area contributed by atoms with Crippen LogP contribution in [0.15, 0.2) is 12.1 Å². The highest BCUT2D eigenvalue weighted by Crippen LogP contribution is 2.46. The number of aliphatic hydroxyl groups is 1. The third kappa shape index (κ3) is 3.14.